The van der Waals surface area contributed by atoms with Crippen molar-refractivity contribution in [1.29, 1.82) is 0 Å². The zero-order valence-corrected chi connectivity index (χ0v) is 11.9. The highest BCUT2D eigenvalue weighted by Crippen LogP contribution is 2.32. The number of thiazole rings is 1. The van der Waals surface area contributed by atoms with E-state index in [9.17, 15) is 18.0 Å². The summed E-state index contributed by atoms with van der Waals surface area (Å²) in [5, 5.41) is 16.8. The van der Waals surface area contributed by atoms with E-state index in [1.165, 1.54) is 11.3 Å². The molecule has 2 aromatic heterocycles. The van der Waals surface area contributed by atoms with Crippen molar-refractivity contribution in [1.82, 2.24) is 20.0 Å². The number of aryl methyl sites for hydroxylation is 3. The van der Waals surface area contributed by atoms with Crippen LogP contribution in [0, 0.1) is 13.8 Å². The number of hydrogen-bond donors (Lipinski definition) is 1. The Hall–Kier alpha value is -1.97. The van der Waals surface area contributed by atoms with Crippen LogP contribution in [0.25, 0.3) is 10.6 Å². The highest BCUT2D eigenvalue weighted by Gasteiger charge is 2.30. The molecule has 0 amide bonds. The fourth-order valence-corrected chi connectivity index (χ4v) is 2.79. The summed E-state index contributed by atoms with van der Waals surface area (Å²) in [6.07, 6.45) is -5.47. The number of carboxylic acid groups (broad SMARTS) is 1. The van der Waals surface area contributed by atoms with Crippen molar-refractivity contribution >= 4 is 17.3 Å². The number of aromatic carboxylic acids is 1. The second-order valence-electron chi connectivity index (χ2n) is 4.33. The van der Waals surface area contributed by atoms with Crippen molar-refractivity contribution in [2.45, 2.75) is 33.0 Å². The summed E-state index contributed by atoms with van der Waals surface area (Å²) >= 11 is 1.19. The third-order valence-corrected chi connectivity index (χ3v) is 3.74. The molecule has 0 saturated carbocycles. The van der Waals surface area contributed by atoms with E-state index in [1.807, 2.05) is 0 Å². The quantitative estimate of drug-likeness (QED) is 0.936. The van der Waals surface area contributed by atoms with Crippen molar-refractivity contribution < 1.29 is 23.1 Å². The predicted octanol–water partition coefficient (Wildman–Crippen LogP) is 2.67. The normalized spacial score (nSPS) is 11.9. The van der Waals surface area contributed by atoms with Crippen molar-refractivity contribution in [3.05, 3.63) is 16.4 Å². The number of nitrogens with zero attached hydrogens (tertiary/aromatic N) is 4. The Kier molecular flexibility index (Phi) is 3.99. The second kappa shape index (κ2) is 5.43. The van der Waals surface area contributed by atoms with Gasteiger partial charge in [-0.25, -0.2) is 14.5 Å². The molecule has 2 rings (SSSR count). The van der Waals surface area contributed by atoms with E-state index >= 15 is 0 Å². The minimum Gasteiger partial charge on any atom is -0.476 e. The van der Waals surface area contributed by atoms with E-state index in [4.69, 9.17) is 5.11 Å². The van der Waals surface area contributed by atoms with Crippen LogP contribution in [0.3, 0.4) is 0 Å². The maximum absolute atomic E-state index is 12.3. The predicted molar refractivity (Wildman–Crippen MR) is 68.2 cm³/mol. The molecule has 0 aromatic carbocycles. The Morgan fingerprint density at radius 1 is 1.38 bits per heavy atom. The van der Waals surface area contributed by atoms with Gasteiger partial charge in [0.2, 0.25) is 0 Å². The summed E-state index contributed by atoms with van der Waals surface area (Å²) in [7, 11) is 0. The number of hydrogen-bond acceptors (Lipinski definition) is 5. The van der Waals surface area contributed by atoms with Crippen LogP contribution in [-0.4, -0.2) is 37.2 Å². The first-order valence-corrected chi connectivity index (χ1v) is 6.68. The van der Waals surface area contributed by atoms with Gasteiger partial charge in [0, 0.05) is 0 Å². The van der Waals surface area contributed by atoms with Crippen LogP contribution in [-0.2, 0) is 6.54 Å². The molecule has 21 heavy (non-hydrogen) atoms. The zero-order valence-electron chi connectivity index (χ0n) is 11.1. The van der Waals surface area contributed by atoms with Gasteiger partial charge in [-0.3, -0.25) is 0 Å². The Morgan fingerprint density at radius 3 is 2.52 bits per heavy atom. The molecule has 0 radical (unpaired) electrons. The van der Waals surface area contributed by atoms with Crippen LogP contribution in [0.5, 0.6) is 0 Å². The fourth-order valence-electron chi connectivity index (χ4n) is 1.82. The average Bonchev–Trinajstić information content (AvgIpc) is 2.88. The highest BCUT2D eigenvalue weighted by molar-refractivity contribution is 7.15. The minimum absolute atomic E-state index is 0.0647. The molecule has 6 nitrogen and oxygen atoms in total. The first-order valence-electron chi connectivity index (χ1n) is 5.87. The number of aromatic nitrogens is 4. The van der Waals surface area contributed by atoms with E-state index in [1.54, 1.807) is 13.8 Å². The van der Waals surface area contributed by atoms with Crippen LogP contribution in [0.2, 0.25) is 0 Å². The molecule has 0 unspecified atom stereocenters. The molecule has 0 atom stereocenters. The van der Waals surface area contributed by atoms with Crippen molar-refractivity contribution in [2.24, 2.45) is 0 Å². The molecular weight excluding hydrogens is 309 g/mol. The molecule has 2 aromatic rings. The lowest BCUT2D eigenvalue weighted by Crippen LogP contribution is -2.14. The van der Waals surface area contributed by atoms with Gasteiger partial charge < -0.3 is 5.11 Å². The molecular formula is C11H11F3N4O2S. The third kappa shape index (κ3) is 3.38. The summed E-state index contributed by atoms with van der Waals surface area (Å²) in [5.74, 6) is -1.34. The largest absolute Gasteiger partial charge is 0.476 e. The lowest BCUT2D eigenvalue weighted by atomic mass is 10.2. The van der Waals surface area contributed by atoms with Gasteiger partial charge in [0.25, 0.3) is 0 Å². The van der Waals surface area contributed by atoms with Crippen LogP contribution >= 0.6 is 11.3 Å². The first kappa shape index (κ1) is 15.4. The van der Waals surface area contributed by atoms with Gasteiger partial charge in [-0.2, -0.15) is 13.2 Å². The molecule has 2 heterocycles. The highest BCUT2D eigenvalue weighted by atomic mass is 32.1. The van der Waals surface area contributed by atoms with Gasteiger partial charge in [0.1, 0.15) is 5.69 Å². The zero-order chi connectivity index (χ0) is 15.8. The lowest BCUT2D eigenvalue weighted by molar-refractivity contribution is -0.137. The maximum atomic E-state index is 12.3. The smallest absolute Gasteiger partial charge is 0.390 e. The second-order valence-corrected chi connectivity index (χ2v) is 5.53. The summed E-state index contributed by atoms with van der Waals surface area (Å²) in [4.78, 5) is 15.8. The van der Waals surface area contributed by atoms with E-state index in [-0.39, 0.29) is 11.4 Å². The average molecular weight is 320 g/mol. The first-order chi connectivity index (χ1) is 9.69. The van der Waals surface area contributed by atoms with Gasteiger partial charge in [0.15, 0.2) is 5.69 Å². The number of halogens is 3. The van der Waals surface area contributed by atoms with Crippen molar-refractivity contribution in [3.8, 4) is 10.6 Å². The van der Waals surface area contributed by atoms with Gasteiger partial charge in [0.05, 0.1) is 28.5 Å². The monoisotopic (exact) mass is 320 g/mol. The van der Waals surface area contributed by atoms with Crippen LogP contribution in [0.4, 0.5) is 13.2 Å². The van der Waals surface area contributed by atoms with Gasteiger partial charge in [-0.15, -0.1) is 16.4 Å². The van der Waals surface area contributed by atoms with Gasteiger partial charge in [-0.05, 0) is 13.8 Å². The van der Waals surface area contributed by atoms with Crippen molar-refractivity contribution in [2.75, 3.05) is 0 Å². The number of alkyl halides is 3. The molecule has 0 bridgehead atoms. The van der Waals surface area contributed by atoms with Crippen LogP contribution in [0.15, 0.2) is 0 Å². The molecule has 10 heteroatoms. The van der Waals surface area contributed by atoms with E-state index < -0.39 is 25.1 Å². The summed E-state index contributed by atoms with van der Waals surface area (Å²) in [6.45, 7) is 2.90. The molecule has 0 saturated heterocycles. The summed E-state index contributed by atoms with van der Waals surface area (Å²) in [6, 6.07) is 0. The Balaban J connectivity index is 2.48. The topological polar surface area (TPSA) is 80.9 Å². The fraction of sp³-hybridized carbons (Fsp3) is 0.455. The molecule has 0 spiro atoms. The number of rotatable bonds is 4. The van der Waals surface area contributed by atoms with Gasteiger partial charge in [-0.1, -0.05) is 5.21 Å². The van der Waals surface area contributed by atoms with E-state index in [2.05, 4.69) is 15.3 Å². The molecule has 0 aliphatic rings. The molecule has 1 N–H and O–H groups in total. The Morgan fingerprint density at radius 2 is 2.05 bits per heavy atom. The third-order valence-electron chi connectivity index (χ3n) is 2.66. The molecule has 0 aliphatic carbocycles. The summed E-state index contributed by atoms with van der Waals surface area (Å²) in [5.41, 5.74) is 0.231. The standard InChI is InChI=1S/C11H11F3N4O2S/c1-5-9(21-6(2)15-5)8-7(10(19)20)16-17-18(8)4-3-11(12,13)14/h3-4H2,1-2H3,(H,19,20). The van der Waals surface area contributed by atoms with Gasteiger partial charge >= 0.3 is 12.1 Å². The van der Waals surface area contributed by atoms with Crippen molar-refractivity contribution in [3.63, 3.8) is 0 Å². The van der Waals surface area contributed by atoms with E-state index in [0.29, 0.717) is 15.6 Å². The lowest BCUT2D eigenvalue weighted by Gasteiger charge is -2.08. The van der Waals surface area contributed by atoms with E-state index in [0.717, 1.165) is 4.68 Å². The SMILES string of the molecule is Cc1nc(C)c(-c2c(C(=O)O)nnn2CCC(F)(F)F)s1. The number of carbonyl (C=O) groups is 1. The Bertz CT molecular complexity index is 678. The molecule has 0 fully saturated rings. The summed E-state index contributed by atoms with van der Waals surface area (Å²) < 4.78 is 38.0. The molecule has 0 aliphatic heterocycles. The maximum Gasteiger partial charge on any atom is 0.390 e. The minimum atomic E-state index is -4.36. The van der Waals surface area contributed by atoms with Crippen LogP contribution < -0.4 is 0 Å². The number of carboxylic acids is 1. The molecule has 114 valence electrons. The van der Waals surface area contributed by atoms with Crippen LogP contribution in [0.1, 0.15) is 27.6 Å². The Labute approximate surface area is 121 Å².